The van der Waals surface area contributed by atoms with Crippen molar-refractivity contribution in [2.75, 3.05) is 0 Å². The van der Waals surface area contributed by atoms with E-state index in [1.54, 1.807) is 0 Å². The minimum Gasteiger partial charge on any atom is -0.256 e. The van der Waals surface area contributed by atoms with Crippen molar-refractivity contribution in [2.24, 2.45) is 0 Å². The lowest BCUT2D eigenvalue weighted by Gasteiger charge is -2.30. The molecule has 1 aromatic heterocycles. The van der Waals surface area contributed by atoms with Crippen molar-refractivity contribution in [2.45, 2.75) is 12.3 Å². The van der Waals surface area contributed by atoms with E-state index in [9.17, 15) is 0 Å². The smallest absolute Gasteiger partial charge is 0.0753 e. The van der Waals surface area contributed by atoms with Gasteiger partial charge < -0.3 is 0 Å². The van der Waals surface area contributed by atoms with E-state index in [2.05, 4.69) is 85.8 Å². The highest BCUT2D eigenvalue weighted by Crippen LogP contribution is 2.62. The number of aromatic nitrogens is 1. The summed E-state index contributed by atoms with van der Waals surface area (Å²) in [7, 11) is 0. The van der Waals surface area contributed by atoms with Gasteiger partial charge in [-0.15, -0.1) is 0 Å². The molecule has 0 radical (unpaired) electrons. The number of aryl methyl sites for hydroxylation is 1. The fourth-order valence-corrected chi connectivity index (χ4v) is 5.06. The molecular weight excluding hydrogens is 314 g/mol. The molecule has 3 aromatic carbocycles. The minimum absolute atomic E-state index is 0.252. The summed E-state index contributed by atoms with van der Waals surface area (Å²) < 4.78 is 0. The SMILES string of the molecule is Cc1ccc2c(c1)C1(c3ccccc3-c3ccccc31)c1cccnc1-2. The summed E-state index contributed by atoms with van der Waals surface area (Å²) in [6.45, 7) is 2.18. The number of hydrogen-bond acceptors (Lipinski definition) is 1. The van der Waals surface area contributed by atoms with Crippen molar-refractivity contribution < 1.29 is 0 Å². The molecule has 4 aromatic rings. The molecule has 0 aliphatic heterocycles. The van der Waals surface area contributed by atoms with Gasteiger partial charge >= 0.3 is 0 Å². The van der Waals surface area contributed by atoms with Crippen LogP contribution in [0.5, 0.6) is 0 Å². The first-order chi connectivity index (χ1) is 12.8. The molecule has 2 aliphatic rings. The standard InChI is InChI=1S/C25H17N/c1-16-12-13-19-23(15-16)25(22-11-6-14-26-24(19)22)20-9-4-2-7-17(20)18-8-3-5-10-21(18)25/h2-15H,1H3. The van der Waals surface area contributed by atoms with Gasteiger partial charge in [-0.3, -0.25) is 4.98 Å². The van der Waals surface area contributed by atoms with Gasteiger partial charge in [0.1, 0.15) is 0 Å². The molecule has 26 heavy (non-hydrogen) atoms. The summed E-state index contributed by atoms with van der Waals surface area (Å²) in [5.41, 5.74) is 11.5. The molecular formula is C25H17N. The normalized spacial score (nSPS) is 14.7. The van der Waals surface area contributed by atoms with E-state index in [0.29, 0.717) is 0 Å². The lowest BCUT2D eigenvalue weighted by atomic mass is 9.70. The summed E-state index contributed by atoms with van der Waals surface area (Å²) in [5, 5.41) is 0. The van der Waals surface area contributed by atoms with Gasteiger partial charge in [-0.1, -0.05) is 78.4 Å². The van der Waals surface area contributed by atoms with Crippen LogP contribution in [0, 0.1) is 6.92 Å². The van der Waals surface area contributed by atoms with Crippen LogP contribution in [0.2, 0.25) is 0 Å². The Bertz CT molecular complexity index is 1140. The van der Waals surface area contributed by atoms with Gasteiger partial charge in [0.15, 0.2) is 0 Å². The number of hydrogen-bond donors (Lipinski definition) is 0. The summed E-state index contributed by atoms with van der Waals surface area (Å²) in [6, 6.07) is 28.8. The Kier molecular flexibility index (Phi) is 2.54. The Labute approximate surface area is 153 Å². The quantitative estimate of drug-likeness (QED) is 0.346. The van der Waals surface area contributed by atoms with Crippen molar-refractivity contribution in [1.82, 2.24) is 4.98 Å². The zero-order valence-electron chi connectivity index (χ0n) is 14.5. The number of fused-ring (bicyclic) bond motifs is 10. The Morgan fingerprint density at radius 2 is 1.27 bits per heavy atom. The third-order valence-corrected chi connectivity index (χ3v) is 6.00. The van der Waals surface area contributed by atoms with Crippen molar-refractivity contribution in [3.05, 3.63) is 113 Å². The second kappa shape index (κ2) is 4.70. The number of pyridine rings is 1. The number of benzene rings is 3. The first-order valence-corrected chi connectivity index (χ1v) is 9.08. The van der Waals surface area contributed by atoms with Crippen LogP contribution in [-0.2, 0) is 5.41 Å². The maximum Gasteiger partial charge on any atom is 0.0753 e. The summed E-state index contributed by atoms with van der Waals surface area (Å²) >= 11 is 0. The van der Waals surface area contributed by atoms with Gasteiger partial charge in [-0.2, -0.15) is 0 Å². The Hall–Kier alpha value is -3.19. The zero-order chi connectivity index (χ0) is 17.3. The van der Waals surface area contributed by atoms with E-state index in [1.807, 2.05) is 6.20 Å². The van der Waals surface area contributed by atoms with Crippen LogP contribution in [0.3, 0.4) is 0 Å². The Morgan fingerprint density at radius 3 is 2.00 bits per heavy atom. The maximum atomic E-state index is 4.80. The van der Waals surface area contributed by atoms with E-state index in [4.69, 9.17) is 4.98 Å². The van der Waals surface area contributed by atoms with E-state index in [1.165, 1.54) is 44.5 Å². The molecule has 2 aliphatic carbocycles. The molecule has 6 rings (SSSR count). The molecule has 0 bridgehead atoms. The fraction of sp³-hybridized carbons (Fsp3) is 0.0800. The molecule has 1 spiro atoms. The first kappa shape index (κ1) is 14.0. The van der Waals surface area contributed by atoms with Crippen LogP contribution in [0.15, 0.2) is 85.1 Å². The monoisotopic (exact) mass is 331 g/mol. The topological polar surface area (TPSA) is 12.9 Å². The van der Waals surface area contributed by atoms with E-state index in [0.717, 1.165) is 5.69 Å². The molecule has 122 valence electrons. The third-order valence-electron chi connectivity index (χ3n) is 6.00. The molecule has 0 unspecified atom stereocenters. The lowest BCUT2D eigenvalue weighted by Crippen LogP contribution is -2.25. The molecule has 0 atom stereocenters. The summed E-state index contributed by atoms with van der Waals surface area (Å²) in [5.74, 6) is 0. The highest BCUT2D eigenvalue weighted by Gasteiger charge is 2.51. The van der Waals surface area contributed by atoms with Crippen LogP contribution in [-0.4, -0.2) is 4.98 Å². The van der Waals surface area contributed by atoms with Crippen LogP contribution in [0.4, 0.5) is 0 Å². The van der Waals surface area contributed by atoms with Crippen molar-refractivity contribution in [3.63, 3.8) is 0 Å². The van der Waals surface area contributed by atoms with E-state index < -0.39 is 0 Å². The van der Waals surface area contributed by atoms with Gasteiger partial charge in [-0.05, 0) is 46.4 Å². The highest BCUT2D eigenvalue weighted by molar-refractivity contribution is 5.93. The average molecular weight is 331 g/mol. The van der Waals surface area contributed by atoms with E-state index >= 15 is 0 Å². The van der Waals surface area contributed by atoms with Crippen molar-refractivity contribution in [1.29, 1.82) is 0 Å². The van der Waals surface area contributed by atoms with Crippen molar-refractivity contribution in [3.8, 4) is 22.4 Å². The van der Waals surface area contributed by atoms with E-state index in [-0.39, 0.29) is 5.41 Å². The molecule has 1 heterocycles. The molecule has 0 fully saturated rings. The first-order valence-electron chi connectivity index (χ1n) is 9.08. The number of nitrogens with zero attached hydrogens (tertiary/aromatic N) is 1. The Balaban J connectivity index is 1.88. The van der Waals surface area contributed by atoms with Gasteiger partial charge in [0.25, 0.3) is 0 Å². The summed E-state index contributed by atoms with van der Waals surface area (Å²) in [6.07, 6.45) is 1.91. The zero-order valence-corrected chi connectivity index (χ0v) is 14.5. The predicted octanol–water partition coefficient (Wildman–Crippen LogP) is 5.73. The second-order valence-corrected chi connectivity index (χ2v) is 7.29. The molecule has 1 nitrogen and oxygen atoms in total. The summed E-state index contributed by atoms with van der Waals surface area (Å²) in [4.78, 5) is 4.80. The molecule has 0 saturated heterocycles. The van der Waals surface area contributed by atoms with Gasteiger partial charge in [0, 0.05) is 11.8 Å². The fourth-order valence-electron chi connectivity index (χ4n) is 5.06. The maximum absolute atomic E-state index is 4.80. The largest absolute Gasteiger partial charge is 0.256 e. The molecule has 0 amide bonds. The van der Waals surface area contributed by atoms with Gasteiger partial charge in [-0.25, -0.2) is 0 Å². The highest BCUT2D eigenvalue weighted by atomic mass is 14.7. The lowest BCUT2D eigenvalue weighted by molar-refractivity contribution is 0.790. The van der Waals surface area contributed by atoms with Gasteiger partial charge in [0.2, 0.25) is 0 Å². The average Bonchev–Trinajstić information content (AvgIpc) is 3.15. The molecule has 1 heteroatoms. The molecule has 0 N–H and O–H groups in total. The van der Waals surface area contributed by atoms with Crippen LogP contribution >= 0.6 is 0 Å². The van der Waals surface area contributed by atoms with Crippen molar-refractivity contribution >= 4 is 0 Å². The number of rotatable bonds is 0. The van der Waals surface area contributed by atoms with Gasteiger partial charge in [0.05, 0.1) is 11.1 Å². The molecule has 0 saturated carbocycles. The van der Waals surface area contributed by atoms with Crippen LogP contribution < -0.4 is 0 Å². The van der Waals surface area contributed by atoms with Crippen LogP contribution in [0.25, 0.3) is 22.4 Å². The predicted molar refractivity (Wildman–Crippen MR) is 105 cm³/mol. The Morgan fingerprint density at radius 1 is 0.615 bits per heavy atom. The minimum atomic E-state index is -0.252. The van der Waals surface area contributed by atoms with Crippen LogP contribution in [0.1, 0.15) is 27.8 Å². The second-order valence-electron chi connectivity index (χ2n) is 7.29. The third kappa shape index (κ3) is 1.46.